The average molecular weight is 135 g/mol. The van der Waals surface area contributed by atoms with Crippen molar-refractivity contribution in [1.82, 2.24) is 4.98 Å². The van der Waals surface area contributed by atoms with Crippen LogP contribution in [0.1, 0.15) is 12.6 Å². The van der Waals surface area contributed by atoms with Gasteiger partial charge in [0.25, 0.3) is 0 Å². The molecule has 0 unspecified atom stereocenters. The maximum Gasteiger partial charge on any atom is 0.141 e. The fraction of sp³-hybridized carbons (Fsp3) is 0.125. The topological polar surface area (TPSA) is 33.1 Å². The van der Waals surface area contributed by atoms with Crippen LogP contribution in [0.3, 0.4) is 0 Å². The normalized spacial score (nSPS) is 10.5. The lowest BCUT2D eigenvalue weighted by molar-refractivity contribution is 0.471. The van der Waals surface area contributed by atoms with Crippen molar-refractivity contribution >= 4 is 6.08 Å². The van der Waals surface area contributed by atoms with E-state index in [1.807, 2.05) is 13.0 Å². The highest BCUT2D eigenvalue weighted by molar-refractivity contribution is 5.51. The molecule has 1 aromatic heterocycles. The van der Waals surface area contributed by atoms with Crippen molar-refractivity contribution < 1.29 is 5.11 Å². The molecule has 2 heteroatoms. The molecule has 1 N–H and O–H groups in total. The van der Waals surface area contributed by atoms with E-state index in [-0.39, 0.29) is 5.75 Å². The Labute approximate surface area is 59.9 Å². The molecule has 0 aliphatic rings. The van der Waals surface area contributed by atoms with Crippen molar-refractivity contribution in [1.29, 1.82) is 0 Å². The molecule has 0 aliphatic heterocycles. The third kappa shape index (κ3) is 1.35. The lowest BCUT2D eigenvalue weighted by atomic mass is 10.3. The molecule has 0 spiro atoms. The Hall–Kier alpha value is -1.31. The van der Waals surface area contributed by atoms with Crippen molar-refractivity contribution in [3.05, 3.63) is 30.1 Å². The van der Waals surface area contributed by atoms with Gasteiger partial charge in [-0.1, -0.05) is 6.08 Å². The highest BCUT2D eigenvalue weighted by Gasteiger charge is 1.92. The first-order valence-electron chi connectivity index (χ1n) is 3.11. The highest BCUT2D eigenvalue weighted by atomic mass is 16.3. The van der Waals surface area contributed by atoms with E-state index in [1.165, 1.54) is 0 Å². The minimum atomic E-state index is 0.223. The predicted octanol–water partition coefficient (Wildman–Crippen LogP) is 1.82. The van der Waals surface area contributed by atoms with E-state index in [9.17, 15) is 0 Å². The summed E-state index contributed by atoms with van der Waals surface area (Å²) in [4.78, 5) is 3.93. The maximum absolute atomic E-state index is 9.13. The van der Waals surface area contributed by atoms with Crippen LogP contribution in [0.4, 0.5) is 0 Å². The van der Waals surface area contributed by atoms with E-state index in [0.29, 0.717) is 5.69 Å². The molecular weight excluding hydrogens is 126 g/mol. The largest absolute Gasteiger partial charge is 0.506 e. The molecule has 1 heterocycles. The van der Waals surface area contributed by atoms with Crippen LogP contribution >= 0.6 is 0 Å². The predicted molar refractivity (Wildman–Crippen MR) is 40.6 cm³/mol. The molecule has 0 saturated carbocycles. The van der Waals surface area contributed by atoms with Crippen molar-refractivity contribution in [3.8, 4) is 5.75 Å². The summed E-state index contributed by atoms with van der Waals surface area (Å²) >= 11 is 0. The molecule has 0 bridgehead atoms. The zero-order chi connectivity index (χ0) is 7.40. The van der Waals surface area contributed by atoms with Crippen LogP contribution in [-0.4, -0.2) is 10.1 Å². The van der Waals surface area contributed by atoms with Crippen LogP contribution in [0.25, 0.3) is 6.08 Å². The number of aromatic hydroxyl groups is 1. The van der Waals surface area contributed by atoms with Gasteiger partial charge < -0.3 is 5.11 Å². The van der Waals surface area contributed by atoms with Gasteiger partial charge in [-0.15, -0.1) is 0 Å². The van der Waals surface area contributed by atoms with Crippen molar-refractivity contribution in [2.75, 3.05) is 0 Å². The second kappa shape index (κ2) is 3.01. The van der Waals surface area contributed by atoms with Gasteiger partial charge >= 0.3 is 0 Å². The molecule has 0 atom stereocenters. The minimum Gasteiger partial charge on any atom is -0.506 e. The number of rotatable bonds is 1. The Bertz CT molecular complexity index is 243. The van der Waals surface area contributed by atoms with Crippen LogP contribution < -0.4 is 0 Å². The van der Waals surface area contributed by atoms with Crippen LogP contribution in [0.5, 0.6) is 5.75 Å². The van der Waals surface area contributed by atoms with Gasteiger partial charge in [-0.05, 0) is 25.1 Å². The number of nitrogens with zero attached hydrogens (tertiary/aromatic N) is 1. The van der Waals surface area contributed by atoms with Gasteiger partial charge in [0.2, 0.25) is 0 Å². The third-order valence-electron chi connectivity index (χ3n) is 1.14. The SMILES string of the molecule is C/C=C\c1ncccc1O. The van der Waals surface area contributed by atoms with Crippen LogP contribution in [0, 0.1) is 0 Å². The summed E-state index contributed by atoms with van der Waals surface area (Å²) in [5.41, 5.74) is 0.616. The number of pyridine rings is 1. The molecule has 0 amide bonds. The first-order valence-corrected chi connectivity index (χ1v) is 3.11. The Kier molecular flexibility index (Phi) is 2.05. The van der Waals surface area contributed by atoms with E-state index >= 15 is 0 Å². The molecule has 10 heavy (non-hydrogen) atoms. The molecule has 1 rings (SSSR count). The summed E-state index contributed by atoms with van der Waals surface area (Å²) in [6.07, 6.45) is 5.24. The number of hydrogen-bond donors (Lipinski definition) is 1. The van der Waals surface area contributed by atoms with Gasteiger partial charge in [0, 0.05) is 6.20 Å². The smallest absolute Gasteiger partial charge is 0.141 e. The zero-order valence-corrected chi connectivity index (χ0v) is 5.78. The van der Waals surface area contributed by atoms with E-state index in [2.05, 4.69) is 4.98 Å². The van der Waals surface area contributed by atoms with E-state index in [4.69, 9.17) is 5.11 Å². The Balaban J connectivity index is 3.03. The monoisotopic (exact) mass is 135 g/mol. The van der Waals surface area contributed by atoms with Gasteiger partial charge in [0.15, 0.2) is 0 Å². The van der Waals surface area contributed by atoms with Gasteiger partial charge in [0.1, 0.15) is 11.4 Å². The highest BCUT2D eigenvalue weighted by Crippen LogP contribution is 2.13. The molecule has 1 aromatic rings. The average Bonchev–Trinajstić information content (AvgIpc) is 1.94. The second-order valence-corrected chi connectivity index (χ2v) is 1.91. The van der Waals surface area contributed by atoms with Gasteiger partial charge in [-0.3, -0.25) is 4.98 Å². The Morgan fingerprint density at radius 2 is 2.40 bits per heavy atom. The number of hydrogen-bond acceptors (Lipinski definition) is 2. The lowest BCUT2D eigenvalue weighted by Gasteiger charge is -1.93. The quantitative estimate of drug-likeness (QED) is 0.637. The Morgan fingerprint density at radius 1 is 1.60 bits per heavy atom. The van der Waals surface area contributed by atoms with E-state index in [1.54, 1.807) is 24.4 Å². The van der Waals surface area contributed by atoms with Crippen molar-refractivity contribution in [2.24, 2.45) is 0 Å². The first kappa shape index (κ1) is 6.81. The molecular formula is C8H9NO. The van der Waals surface area contributed by atoms with Crippen LogP contribution in [0.15, 0.2) is 24.4 Å². The second-order valence-electron chi connectivity index (χ2n) is 1.91. The first-order chi connectivity index (χ1) is 4.84. The molecule has 0 saturated heterocycles. The minimum absolute atomic E-state index is 0.223. The van der Waals surface area contributed by atoms with Gasteiger partial charge in [-0.2, -0.15) is 0 Å². The standard InChI is InChI=1S/C8H9NO/c1-2-4-7-8(10)5-3-6-9-7/h2-6,10H,1H3/b4-2-. The van der Waals surface area contributed by atoms with Crippen LogP contribution in [-0.2, 0) is 0 Å². The van der Waals surface area contributed by atoms with Crippen molar-refractivity contribution in [2.45, 2.75) is 6.92 Å². The number of allylic oxidation sites excluding steroid dienone is 1. The van der Waals surface area contributed by atoms with Gasteiger partial charge in [0.05, 0.1) is 0 Å². The molecule has 0 fully saturated rings. The summed E-state index contributed by atoms with van der Waals surface area (Å²) in [5.74, 6) is 0.223. The van der Waals surface area contributed by atoms with Gasteiger partial charge in [-0.25, -0.2) is 0 Å². The summed E-state index contributed by atoms with van der Waals surface area (Å²) in [5, 5.41) is 9.13. The fourth-order valence-corrected chi connectivity index (χ4v) is 0.695. The Morgan fingerprint density at radius 3 is 3.00 bits per heavy atom. The summed E-state index contributed by atoms with van der Waals surface area (Å²) in [6, 6.07) is 3.31. The van der Waals surface area contributed by atoms with Crippen LogP contribution in [0.2, 0.25) is 0 Å². The fourth-order valence-electron chi connectivity index (χ4n) is 0.695. The van der Waals surface area contributed by atoms with E-state index in [0.717, 1.165) is 0 Å². The van der Waals surface area contributed by atoms with Crippen molar-refractivity contribution in [3.63, 3.8) is 0 Å². The van der Waals surface area contributed by atoms with E-state index < -0.39 is 0 Å². The molecule has 0 aliphatic carbocycles. The summed E-state index contributed by atoms with van der Waals surface area (Å²) < 4.78 is 0. The lowest BCUT2D eigenvalue weighted by Crippen LogP contribution is -1.78. The zero-order valence-electron chi connectivity index (χ0n) is 5.78. The maximum atomic E-state index is 9.13. The summed E-state index contributed by atoms with van der Waals surface area (Å²) in [6.45, 7) is 1.88. The molecule has 52 valence electrons. The molecule has 0 aromatic carbocycles. The summed E-state index contributed by atoms with van der Waals surface area (Å²) in [7, 11) is 0. The third-order valence-corrected chi connectivity index (χ3v) is 1.14. The molecule has 0 radical (unpaired) electrons. The molecule has 2 nitrogen and oxygen atoms in total. The number of aromatic nitrogens is 1.